The fraction of sp³-hybridized carbons (Fsp3) is 0.931. The van der Waals surface area contributed by atoms with Crippen molar-refractivity contribution in [3.63, 3.8) is 0 Å². The van der Waals surface area contributed by atoms with Crippen molar-refractivity contribution in [3.05, 3.63) is 0 Å². The first-order valence-corrected chi connectivity index (χ1v) is 14.3. The highest BCUT2D eigenvalue weighted by atomic mass is 16.5. The molecule has 0 saturated heterocycles. The zero-order valence-corrected chi connectivity index (χ0v) is 22.6. The van der Waals surface area contributed by atoms with Gasteiger partial charge in [-0.05, 0) is 37.5 Å². The Morgan fingerprint density at radius 2 is 1.03 bits per heavy atom. The Bertz CT molecular complexity index is 447. The fourth-order valence-corrected chi connectivity index (χ4v) is 4.18. The summed E-state index contributed by atoms with van der Waals surface area (Å²) in [6.07, 6.45) is 20.9. The summed E-state index contributed by atoms with van der Waals surface area (Å²) < 4.78 is 10.8. The van der Waals surface area contributed by atoms with Gasteiger partial charge in [-0.2, -0.15) is 0 Å². The molecule has 0 aromatic carbocycles. The highest BCUT2D eigenvalue weighted by molar-refractivity contribution is 5.69. The van der Waals surface area contributed by atoms with Crippen LogP contribution in [0.3, 0.4) is 0 Å². The van der Waals surface area contributed by atoms with Crippen LogP contribution >= 0.6 is 0 Å². The maximum atomic E-state index is 12.2. The molecular formula is C29H56O4. The van der Waals surface area contributed by atoms with Gasteiger partial charge >= 0.3 is 11.9 Å². The van der Waals surface area contributed by atoms with Crippen molar-refractivity contribution in [3.8, 4) is 0 Å². The zero-order chi connectivity index (χ0) is 24.6. The predicted octanol–water partition coefficient (Wildman–Crippen LogP) is 8.80. The van der Waals surface area contributed by atoms with E-state index in [4.69, 9.17) is 9.47 Å². The highest BCUT2D eigenvalue weighted by Crippen LogP contribution is 2.23. The maximum absolute atomic E-state index is 12.2. The van der Waals surface area contributed by atoms with Crippen LogP contribution < -0.4 is 0 Å². The van der Waals surface area contributed by atoms with Crippen molar-refractivity contribution in [1.82, 2.24) is 0 Å². The average molecular weight is 469 g/mol. The molecule has 4 nitrogen and oxygen atoms in total. The molecule has 0 amide bonds. The van der Waals surface area contributed by atoms with E-state index in [9.17, 15) is 9.59 Å². The SMILES string of the molecule is CCCCCCCOC(=O)CCCCCCCCC(CC(=O)OCCCCCCC)C(C)C. The monoisotopic (exact) mass is 468 g/mol. The molecule has 33 heavy (non-hydrogen) atoms. The topological polar surface area (TPSA) is 52.6 Å². The number of esters is 2. The first kappa shape index (κ1) is 31.9. The van der Waals surface area contributed by atoms with E-state index >= 15 is 0 Å². The van der Waals surface area contributed by atoms with Crippen molar-refractivity contribution in [2.75, 3.05) is 13.2 Å². The third kappa shape index (κ3) is 22.5. The lowest BCUT2D eigenvalue weighted by atomic mass is 9.87. The lowest BCUT2D eigenvalue weighted by Crippen LogP contribution is -2.17. The van der Waals surface area contributed by atoms with Crippen LogP contribution in [0.1, 0.15) is 150 Å². The Balaban J connectivity index is 3.64. The van der Waals surface area contributed by atoms with Gasteiger partial charge in [0.25, 0.3) is 0 Å². The van der Waals surface area contributed by atoms with E-state index in [0.29, 0.717) is 37.9 Å². The summed E-state index contributed by atoms with van der Waals surface area (Å²) in [5.41, 5.74) is 0. The molecule has 1 unspecified atom stereocenters. The van der Waals surface area contributed by atoms with E-state index in [0.717, 1.165) is 38.5 Å². The zero-order valence-electron chi connectivity index (χ0n) is 22.6. The summed E-state index contributed by atoms with van der Waals surface area (Å²) in [6, 6.07) is 0. The van der Waals surface area contributed by atoms with Crippen LogP contribution in [0.15, 0.2) is 0 Å². The van der Waals surface area contributed by atoms with Crippen molar-refractivity contribution in [1.29, 1.82) is 0 Å². The normalized spacial score (nSPS) is 12.2. The van der Waals surface area contributed by atoms with Gasteiger partial charge in [0.1, 0.15) is 0 Å². The molecule has 0 aromatic heterocycles. The first-order valence-electron chi connectivity index (χ1n) is 14.3. The van der Waals surface area contributed by atoms with E-state index in [1.807, 2.05) is 0 Å². The number of hydrogen-bond donors (Lipinski definition) is 0. The summed E-state index contributed by atoms with van der Waals surface area (Å²) >= 11 is 0. The van der Waals surface area contributed by atoms with Gasteiger partial charge < -0.3 is 9.47 Å². The van der Waals surface area contributed by atoms with Crippen LogP contribution in [0.5, 0.6) is 0 Å². The summed E-state index contributed by atoms with van der Waals surface area (Å²) in [4.78, 5) is 23.9. The molecule has 0 bridgehead atoms. The van der Waals surface area contributed by atoms with Crippen molar-refractivity contribution < 1.29 is 19.1 Å². The summed E-state index contributed by atoms with van der Waals surface area (Å²) in [5, 5.41) is 0. The predicted molar refractivity (Wildman–Crippen MR) is 139 cm³/mol. The second-order valence-electron chi connectivity index (χ2n) is 10.1. The molecule has 0 rings (SSSR count). The minimum absolute atomic E-state index is 0.0166. The fourth-order valence-electron chi connectivity index (χ4n) is 4.18. The van der Waals surface area contributed by atoms with Gasteiger partial charge in [0.15, 0.2) is 0 Å². The second kappa shape index (κ2) is 24.1. The Morgan fingerprint density at radius 1 is 0.576 bits per heavy atom. The van der Waals surface area contributed by atoms with Gasteiger partial charge in [-0.25, -0.2) is 0 Å². The smallest absolute Gasteiger partial charge is 0.306 e. The first-order chi connectivity index (χ1) is 16.0. The van der Waals surface area contributed by atoms with Gasteiger partial charge in [0.05, 0.1) is 13.2 Å². The molecule has 0 saturated carbocycles. The van der Waals surface area contributed by atoms with Crippen LogP contribution in [0.4, 0.5) is 0 Å². The van der Waals surface area contributed by atoms with E-state index in [1.165, 1.54) is 70.6 Å². The lowest BCUT2D eigenvalue weighted by Gasteiger charge is -2.20. The van der Waals surface area contributed by atoms with Crippen molar-refractivity contribution >= 4 is 11.9 Å². The number of hydrogen-bond acceptors (Lipinski definition) is 4. The van der Waals surface area contributed by atoms with Gasteiger partial charge in [0.2, 0.25) is 0 Å². The Kier molecular flexibility index (Phi) is 23.3. The van der Waals surface area contributed by atoms with Gasteiger partial charge in [-0.15, -0.1) is 0 Å². The Labute approximate surface area is 206 Å². The quantitative estimate of drug-likeness (QED) is 0.105. The van der Waals surface area contributed by atoms with Crippen LogP contribution in [0.25, 0.3) is 0 Å². The summed E-state index contributed by atoms with van der Waals surface area (Å²) in [6.45, 7) is 10.0. The second-order valence-corrected chi connectivity index (χ2v) is 10.1. The largest absolute Gasteiger partial charge is 0.466 e. The van der Waals surface area contributed by atoms with E-state index in [2.05, 4.69) is 27.7 Å². The standard InChI is InChI=1S/C29H56O4/c1-5-7-9-15-19-23-32-28(30)22-18-14-12-11-13-17-21-27(26(3)4)25-29(31)33-24-20-16-10-8-6-2/h26-27H,5-25H2,1-4H3. The molecule has 0 N–H and O–H groups in total. The molecule has 0 spiro atoms. The number of unbranched alkanes of at least 4 members (excludes halogenated alkanes) is 13. The molecule has 4 heteroatoms. The number of carbonyl (C=O) groups excluding carboxylic acids is 2. The minimum atomic E-state index is -0.0295. The summed E-state index contributed by atoms with van der Waals surface area (Å²) in [7, 11) is 0. The van der Waals surface area contributed by atoms with Crippen molar-refractivity contribution in [2.45, 2.75) is 150 Å². The van der Waals surface area contributed by atoms with Crippen LogP contribution in [-0.4, -0.2) is 25.2 Å². The van der Waals surface area contributed by atoms with E-state index in [1.54, 1.807) is 0 Å². The number of rotatable bonds is 24. The third-order valence-corrected chi connectivity index (χ3v) is 6.60. The molecule has 0 aliphatic rings. The van der Waals surface area contributed by atoms with Gasteiger partial charge in [-0.3, -0.25) is 9.59 Å². The average Bonchev–Trinajstić information content (AvgIpc) is 2.79. The molecular weight excluding hydrogens is 412 g/mol. The van der Waals surface area contributed by atoms with Crippen LogP contribution in [0.2, 0.25) is 0 Å². The molecule has 1 atom stereocenters. The molecule has 0 fully saturated rings. The molecule has 196 valence electrons. The van der Waals surface area contributed by atoms with E-state index < -0.39 is 0 Å². The number of carbonyl (C=O) groups is 2. The minimum Gasteiger partial charge on any atom is -0.466 e. The van der Waals surface area contributed by atoms with Crippen molar-refractivity contribution in [2.24, 2.45) is 11.8 Å². The van der Waals surface area contributed by atoms with Gasteiger partial charge in [0, 0.05) is 12.8 Å². The van der Waals surface area contributed by atoms with E-state index in [-0.39, 0.29) is 11.9 Å². The molecule has 0 radical (unpaired) electrons. The molecule has 0 aliphatic heterocycles. The Hall–Kier alpha value is -1.06. The molecule has 0 heterocycles. The third-order valence-electron chi connectivity index (χ3n) is 6.60. The molecule has 0 aliphatic carbocycles. The maximum Gasteiger partial charge on any atom is 0.306 e. The highest BCUT2D eigenvalue weighted by Gasteiger charge is 2.18. The summed E-state index contributed by atoms with van der Waals surface area (Å²) in [5.74, 6) is 0.893. The Morgan fingerprint density at radius 3 is 1.58 bits per heavy atom. The van der Waals surface area contributed by atoms with Crippen LogP contribution in [-0.2, 0) is 19.1 Å². The van der Waals surface area contributed by atoms with Gasteiger partial charge in [-0.1, -0.05) is 111 Å². The number of ether oxygens (including phenoxy) is 2. The van der Waals surface area contributed by atoms with Crippen LogP contribution in [0, 0.1) is 11.8 Å². The molecule has 0 aromatic rings. The lowest BCUT2D eigenvalue weighted by molar-refractivity contribution is -0.145.